The molecule has 0 aliphatic heterocycles. The summed E-state index contributed by atoms with van der Waals surface area (Å²) in [6, 6.07) is 2.96. The van der Waals surface area contributed by atoms with Gasteiger partial charge in [-0.15, -0.1) is 12.4 Å². The molecule has 1 rings (SSSR count). The Morgan fingerprint density at radius 1 is 1.06 bits per heavy atom. The minimum absolute atomic E-state index is 0. The van der Waals surface area contributed by atoms with Crippen molar-refractivity contribution in [1.29, 1.82) is 0 Å². The van der Waals surface area contributed by atoms with E-state index in [2.05, 4.69) is 0 Å². The molecule has 0 bridgehead atoms. The summed E-state index contributed by atoms with van der Waals surface area (Å²) < 4.78 is 15.7. The van der Waals surface area contributed by atoms with Gasteiger partial charge < -0.3 is 25.1 Å². The van der Waals surface area contributed by atoms with E-state index in [1.54, 1.807) is 26.2 Å². The van der Waals surface area contributed by atoms with Gasteiger partial charge in [0.05, 0.1) is 33.5 Å². The predicted molar refractivity (Wildman–Crippen MR) is 72.0 cm³/mol. The van der Waals surface area contributed by atoms with E-state index in [1.807, 2.05) is 0 Å². The highest BCUT2D eigenvalue weighted by atomic mass is 35.5. The van der Waals surface area contributed by atoms with Crippen LogP contribution in [0.5, 0.6) is 17.2 Å². The Morgan fingerprint density at radius 3 is 2.00 bits per heavy atom. The maximum Gasteiger partial charge on any atom is 0.203 e. The van der Waals surface area contributed by atoms with Crippen LogP contribution >= 0.6 is 12.4 Å². The Balaban J connectivity index is 0.00000289. The van der Waals surface area contributed by atoms with Crippen LogP contribution in [0.2, 0.25) is 0 Å². The molecule has 1 aromatic carbocycles. The smallest absolute Gasteiger partial charge is 0.203 e. The first-order chi connectivity index (χ1) is 8.06. The molecule has 0 spiro atoms. The van der Waals surface area contributed by atoms with Gasteiger partial charge in [-0.25, -0.2) is 0 Å². The van der Waals surface area contributed by atoms with E-state index in [0.717, 1.165) is 0 Å². The number of benzene rings is 1. The van der Waals surface area contributed by atoms with Crippen LogP contribution in [0.1, 0.15) is 18.5 Å². The van der Waals surface area contributed by atoms with Crippen LogP contribution in [-0.4, -0.2) is 32.5 Å². The molecule has 6 heteroatoms. The van der Waals surface area contributed by atoms with Crippen LogP contribution < -0.4 is 19.9 Å². The van der Waals surface area contributed by atoms with Gasteiger partial charge in [0.25, 0.3) is 0 Å². The zero-order valence-corrected chi connectivity index (χ0v) is 11.8. The molecule has 3 N–H and O–H groups in total. The lowest BCUT2D eigenvalue weighted by molar-refractivity contribution is 0.162. The van der Waals surface area contributed by atoms with Crippen LogP contribution in [0.25, 0.3) is 0 Å². The summed E-state index contributed by atoms with van der Waals surface area (Å²) in [6.45, 7) is 1.63. The largest absolute Gasteiger partial charge is 0.493 e. The maximum atomic E-state index is 9.53. The fourth-order valence-electron chi connectivity index (χ4n) is 1.65. The van der Waals surface area contributed by atoms with Gasteiger partial charge in [0.2, 0.25) is 5.75 Å². The molecule has 5 nitrogen and oxygen atoms in total. The molecule has 0 amide bonds. The Labute approximate surface area is 113 Å². The van der Waals surface area contributed by atoms with Gasteiger partial charge in [0.1, 0.15) is 0 Å². The Bertz CT molecular complexity index is 385. The number of rotatable bonds is 5. The van der Waals surface area contributed by atoms with Gasteiger partial charge in [-0.1, -0.05) is 0 Å². The highest BCUT2D eigenvalue weighted by molar-refractivity contribution is 5.85. The molecule has 0 aliphatic carbocycles. The van der Waals surface area contributed by atoms with E-state index in [9.17, 15) is 5.11 Å². The van der Waals surface area contributed by atoms with Crippen LogP contribution in [0.15, 0.2) is 12.1 Å². The van der Waals surface area contributed by atoms with Crippen molar-refractivity contribution < 1.29 is 19.3 Å². The highest BCUT2D eigenvalue weighted by Gasteiger charge is 2.22. The maximum absolute atomic E-state index is 9.53. The molecular formula is C12H20ClNO4. The van der Waals surface area contributed by atoms with Gasteiger partial charge >= 0.3 is 0 Å². The van der Waals surface area contributed by atoms with Crippen molar-refractivity contribution in [2.24, 2.45) is 5.73 Å². The second-order valence-corrected chi connectivity index (χ2v) is 3.69. The zero-order valence-electron chi connectivity index (χ0n) is 11.0. The average Bonchev–Trinajstić information content (AvgIpc) is 2.35. The van der Waals surface area contributed by atoms with E-state index in [-0.39, 0.29) is 12.4 Å². The number of aliphatic hydroxyl groups excluding tert-OH is 1. The fraction of sp³-hybridized carbons (Fsp3) is 0.500. The van der Waals surface area contributed by atoms with Gasteiger partial charge in [-0.3, -0.25) is 0 Å². The molecule has 0 saturated heterocycles. The summed E-state index contributed by atoms with van der Waals surface area (Å²) >= 11 is 0. The van der Waals surface area contributed by atoms with E-state index >= 15 is 0 Å². The molecule has 18 heavy (non-hydrogen) atoms. The van der Waals surface area contributed by atoms with Crippen molar-refractivity contribution in [2.45, 2.75) is 19.1 Å². The van der Waals surface area contributed by atoms with Crippen molar-refractivity contribution in [3.05, 3.63) is 17.7 Å². The summed E-state index contributed by atoms with van der Waals surface area (Å²) in [6.07, 6.45) is -0.679. The van der Waals surface area contributed by atoms with Crippen molar-refractivity contribution in [3.63, 3.8) is 0 Å². The summed E-state index contributed by atoms with van der Waals surface area (Å²) in [5.41, 5.74) is 6.58. The molecule has 2 atom stereocenters. The minimum atomic E-state index is -0.679. The summed E-state index contributed by atoms with van der Waals surface area (Å²) in [5.74, 6) is 1.52. The van der Waals surface area contributed by atoms with Gasteiger partial charge in [0, 0.05) is 5.56 Å². The molecule has 104 valence electrons. The topological polar surface area (TPSA) is 73.9 Å². The molecule has 1 aromatic rings. The minimum Gasteiger partial charge on any atom is -0.493 e. The predicted octanol–water partition coefficient (Wildman–Crippen LogP) is 1.51. The lowest BCUT2D eigenvalue weighted by atomic mass is 10.0. The normalized spacial score (nSPS) is 13.2. The van der Waals surface area contributed by atoms with Crippen LogP contribution in [0.4, 0.5) is 0 Å². The number of aliphatic hydroxyl groups is 1. The first kappa shape index (κ1) is 16.8. The van der Waals surface area contributed by atoms with Gasteiger partial charge in [0.15, 0.2) is 11.5 Å². The molecule has 0 radical (unpaired) electrons. The summed E-state index contributed by atoms with van der Waals surface area (Å²) in [4.78, 5) is 0. The van der Waals surface area contributed by atoms with Crippen LogP contribution in [0.3, 0.4) is 0 Å². The third-order valence-corrected chi connectivity index (χ3v) is 2.61. The van der Waals surface area contributed by atoms with Crippen molar-refractivity contribution in [1.82, 2.24) is 0 Å². The van der Waals surface area contributed by atoms with Crippen LogP contribution in [-0.2, 0) is 0 Å². The third-order valence-electron chi connectivity index (χ3n) is 2.61. The zero-order chi connectivity index (χ0) is 13.0. The molecule has 0 unspecified atom stereocenters. The van der Waals surface area contributed by atoms with Crippen LogP contribution in [0, 0.1) is 0 Å². The lowest BCUT2D eigenvalue weighted by Crippen LogP contribution is -2.23. The Kier molecular flexibility index (Phi) is 6.83. The van der Waals surface area contributed by atoms with Crippen molar-refractivity contribution >= 4 is 12.4 Å². The standard InChI is InChI=1S/C12H19NO4.ClH/c1-7(14)10(13)8-5-6-9(15-2)12(17-4)11(8)16-3;/h5-7,10,14H,13H2,1-4H3;1H/t7-,10-;/m1./s1. The third kappa shape index (κ3) is 3.19. The van der Waals surface area contributed by atoms with Gasteiger partial charge in [-0.05, 0) is 19.1 Å². The van der Waals surface area contributed by atoms with E-state index in [0.29, 0.717) is 22.8 Å². The molecule has 0 heterocycles. The Hall–Kier alpha value is -1.17. The van der Waals surface area contributed by atoms with E-state index < -0.39 is 12.1 Å². The first-order valence-electron chi connectivity index (χ1n) is 5.29. The highest BCUT2D eigenvalue weighted by Crippen LogP contribution is 2.42. The molecular weight excluding hydrogens is 258 g/mol. The number of methoxy groups -OCH3 is 3. The fourth-order valence-corrected chi connectivity index (χ4v) is 1.65. The van der Waals surface area contributed by atoms with Crippen molar-refractivity contribution in [2.75, 3.05) is 21.3 Å². The number of nitrogens with two attached hydrogens (primary N) is 1. The quantitative estimate of drug-likeness (QED) is 0.853. The van der Waals surface area contributed by atoms with Crippen molar-refractivity contribution in [3.8, 4) is 17.2 Å². The first-order valence-corrected chi connectivity index (χ1v) is 5.29. The second kappa shape index (κ2) is 7.31. The molecule has 0 aromatic heterocycles. The number of ether oxygens (including phenoxy) is 3. The number of halogens is 1. The Morgan fingerprint density at radius 2 is 1.61 bits per heavy atom. The molecule has 0 saturated carbocycles. The number of hydrogen-bond donors (Lipinski definition) is 2. The SMILES string of the molecule is COc1ccc([C@H](N)[C@@H](C)O)c(OC)c1OC.Cl. The molecule has 0 fully saturated rings. The second-order valence-electron chi connectivity index (χ2n) is 3.69. The average molecular weight is 278 g/mol. The summed E-state index contributed by atoms with van der Waals surface area (Å²) in [7, 11) is 4.60. The summed E-state index contributed by atoms with van der Waals surface area (Å²) in [5, 5.41) is 9.53. The lowest BCUT2D eigenvalue weighted by Gasteiger charge is -2.21. The number of hydrogen-bond acceptors (Lipinski definition) is 5. The van der Waals surface area contributed by atoms with E-state index in [1.165, 1.54) is 14.2 Å². The monoisotopic (exact) mass is 277 g/mol. The molecule has 0 aliphatic rings. The van der Waals surface area contributed by atoms with E-state index in [4.69, 9.17) is 19.9 Å². The van der Waals surface area contributed by atoms with Gasteiger partial charge in [-0.2, -0.15) is 0 Å².